The lowest BCUT2D eigenvalue weighted by atomic mass is 10.1. The van der Waals surface area contributed by atoms with Crippen molar-refractivity contribution in [2.75, 3.05) is 39.6 Å². The maximum atomic E-state index is 13.1. The minimum atomic E-state index is -5.01. The Bertz CT molecular complexity index is 2690. The number of unbranched alkanes of at least 4 members (excludes halogenated alkanes) is 15. The Hall–Kier alpha value is -5.84. The predicted molar refractivity (Wildman–Crippen MR) is 426 cm³/mol. The number of carbonyl (C=O) groups is 4. The fraction of sp³-hybridized carbons (Fsp3) is 0.600. The largest absolute Gasteiger partial charge is 0.472 e. The fourth-order valence-corrected chi connectivity index (χ4v) is 11.1. The van der Waals surface area contributed by atoms with Crippen LogP contribution in [0.5, 0.6) is 0 Å². The summed E-state index contributed by atoms with van der Waals surface area (Å²) in [5, 5.41) is 10.6. The quantitative estimate of drug-likeness (QED) is 0.0169. The Morgan fingerprint density at radius 1 is 0.269 bits per heavy atom. The second kappa shape index (κ2) is 75.4. The molecule has 588 valence electrons. The summed E-state index contributed by atoms with van der Waals surface area (Å²) in [6.45, 7) is 4.26. The first-order valence-electron chi connectivity index (χ1n) is 39.0. The maximum absolute atomic E-state index is 13.1. The molecule has 104 heavy (non-hydrogen) atoms. The molecule has 5 unspecified atom stereocenters. The zero-order valence-corrected chi connectivity index (χ0v) is 65.9. The molecule has 0 aromatic heterocycles. The summed E-state index contributed by atoms with van der Waals surface area (Å²) in [7, 11) is -10.0. The first-order valence-corrected chi connectivity index (χ1v) is 42.0. The molecule has 19 heteroatoms. The van der Waals surface area contributed by atoms with Gasteiger partial charge in [0.25, 0.3) is 0 Å². The van der Waals surface area contributed by atoms with Gasteiger partial charge in [-0.25, -0.2) is 9.13 Å². The normalized spacial score (nSPS) is 14.9. The Labute approximate surface area is 628 Å². The van der Waals surface area contributed by atoms with E-state index < -0.39 is 97.5 Å². The van der Waals surface area contributed by atoms with Crippen LogP contribution in [0.25, 0.3) is 0 Å². The van der Waals surface area contributed by atoms with Crippen molar-refractivity contribution in [3.05, 3.63) is 182 Å². The van der Waals surface area contributed by atoms with Crippen molar-refractivity contribution < 1.29 is 80.2 Å². The highest BCUT2D eigenvalue weighted by atomic mass is 31.2. The Kier molecular flexibility index (Phi) is 71.2. The number of aliphatic hydroxyl groups is 1. The van der Waals surface area contributed by atoms with E-state index in [2.05, 4.69) is 198 Å². The van der Waals surface area contributed by atoms with Crippen LogP contribution in [0.1, 0.15) is 272 Å². The summed E-state index contributed by atoms with van der Waals surface area (Å²) in [4.78, 5) is 73.0. The third-order valence-corrected chi connectivity index (χ3v) is 17.3. The van der Waals surface area contributed by atoms with Crippen LogP contribution in [-0.4, -0.2) is 96.7 Å². The molecule has 0 rings (SSSR count). The van der Waals surface area contributed by atoms with E-state index in [4.69, 9.17) is 37.0 Å². The van der Waals surface area contributed by atoms with Gasteiger partial charge in [0.05, 0.1) is 26.4 Å². The van der Waals surface area contributed by atoms with Crippen molar-refractivity contribution in [2.24, 2.45) is 0 Å². The third kappa shape index (κ3) is 74.4. The first-order chi connectivity index (χ1) is 50.7. The molecule has 0 amide bonds. The Balaban J connectivity index is 5.49. The molecule has 0 aromatic carbocycles. The van der Waals surface area contributed by atoms with Gasteiger partial charge in [0, 0.05) is 25.7 Å². The van der Waals surface area contributed by atoms with Gasteiger partial charge >= 0.3 is 39.5 Å². The minimum Gasteiger partial charge on any atom is -0.462 e. The monoisotopic (exact) mass is 1490 g/mol. The summed E-state index contributed by atoms with van der Waals surface area (Å²) in [6.07, 6.45) is 90.2. The summed E-state index contributed by atoms with van der Waals surface area (Å²) >= 11 is 0. The molecule has 0 bridgehead atoms. The molecular weight excluding hydrogens is 1350 g/mol. The smallest absolute Gasteiger partial charge is 0.462 e. The number of carbonyl (C=O) groups excluding carboxylic acids is 4. The van der Waals surface area contributed by atoms with Crippen LogP contribution >= 0.6 is 15.6 Å². The number of hydrogen-bond donors (Lipinski definition) is 3. The summed E-state index contributed by atoms with van der Waals surface area (Å²) in [5.74, 6) is -2.33. The van der Waals surface area contributed by atoms with Gasteiger partial charge < -0.3 is 33.8 Å². The van der Waals surface area contributed by atoms with Crippen LogP contribution in [-0.2, 0) is 65.4 Å². The highest BCUT2D eigenvalue weighted by Crippen LogP contribution is 2.45. The molecule has 5 atom stereocenters. The van der Waals surface area contributed by atoms with Crippen molar-refractivity contribution in [1.82, 2.24) is 0 Å². The molecule has 0 saturated heterocycles. The summed E-state index contributed by atoms with van der Waals surface area (Å²) in [5.41, 5.74) is 0. The van der Waals surface area contributed by atoms with Gasteiger partial charge in [-0.3, -0.25) is 37.3 Å². The van der Waals surface area contributed by atoms with Crippen LogP contribution in [0, 0.1) is 0 Å². The standard InChI is InChI=1S/C85H136O17P2/c1-5-9-13-17-21-25-29-33-37-39-43-46-50-54-58-62-66-70-83(88)96-76-81(102-85(90)72-68-64-60-56-52-48-44-40-38-34-30-26-22-18-14-10-6-2)78-100-104(93,94)98-74-79(86)73-97-103(91,92)99-77-80(101-84(89)71-67-63-59-55-51-47-42-36-32-28-24-20-16-12-8-4)75-95-82(87)69-65-61-57-53-49-45-41-35-31-27-23-19-15-11-7-3/h9-16,21-28,33-38,41-44,46,48,54,58,79-81,86H,5-8,17-20,29-32,39-40,45,47,49-53,55-57,59-78H2,1-4H3,(H,91,92)(H,93,94)/b13-9-,14-10-,15-11-,16-12-,25-21-,26-22-,27-23-,28-24-,37-33-,38-34-,41-35-,42-36-,46-43-,48-44-,58-54-. The van der Waals surface area contributed by atoms with E-state index in [9.17, 15) is 43.2 Å². The molecule has 0 aromatic rings. The average Bonchev–Trinajstić information content (AvgIpc) is 0.926. The zero-order chi connectivity index (χ0) is 76.0. The number of phosphoric ester groups is 2. The lowest BCUT2D eigenvalue weighted by Gasteiger charge is -2.21. The van der Waals surface area contributed by atoms with E-state index in [1.165, 1.54) is 0 Å². The van der Waals surface area contributed by atoms with E-state index in [-0.39, 0.29) is 25.7 Å². The Morgan fingerprint density at radius 2 is 0.481 bits per heavy atom. The molecule has 0 spiro atoms. The van der Waals surface area contributed by atoms with Crippen LogP contribution in [0.4, 0.5) is 0 Å². The van der Waals surface area contributed by atoms with Gasteiger partial charge in [-0.15, -0.1) is 0 Å². The van der Waals surface area contributed by atoms with E-state index >= 15 is 0 Å². The van der Waals surface area contributed by atoms with Gasteiger partial charge in [-0.1, -0.05) is 261 Å². The topological polar surface area (TPSA) is 237 Å². The maximum Gasteiger partial charge on any atom is 0.472 e. The van der Waals surface area contributed by atoms with E-state index in [1.807, 2.05) is 12.2 Å². The number of ether oxygens (including phenoxy) is 4. The fourth-order valence-electron chi connectivity index (χ4n) is 9.57. The van der Waals surface area contributed by atoms with Crippen molar-refractivity contribution in [3.63, 3.8) is 0 Å². The number of hydrogen-bond acceptors (Lipinski definition) is 15. The van der Waals surface area contributed by atoms with E-state index in [1.54, 1.807) is 0 Å². The molecule has 0 saturated carbocycles. The molecule has 0 heterocycles. The zero-order valence-electron chi connectivity index (χ0n) is 64.1. The van der Waals surface area contributed by atoms with Crippen molar-refractivity contribution >= 4 is 39.5 Å². The van der Waals surface area contributed by atoms with Crippen molar-refractivity contribution in [2.45, 2.75) is 290 Å². The number of rotatable bonds is 71. The first kappa shape index (κ1) is 98.2. The number of aliphatic hydroxyl groups excluding tert-OH is 1. The Morgan fingerprint density at radius 3 is 0.760 bits per heavy atom. The van der Waals surface area contributed by atoms with Crippen LogP contribution in [0.15, 0.2) is 182 Å². The molecule has 0 radical (unpaired) electrons. The molecule has 0 aliphatic carbocycles. The SMILES string of the molecule is CC/C=C\C/C=C\C/C=C\C/C=C\C/C=C\CCCC(=O)OCC(COP(=O)(O)OCC(O)COP(=O)(O)OCC(COC(=O)CCCCCCC/C=C\C/C=C\C/C=C\CC)OC(=O)CCCCCCC/C=C\C/C=C\C/C=C\CC)OC(=O)CCCCCC/C=C\C/C=C\C/C=C\C/C=C\CC. The molecule has 17 nitrogen and oxygen atoms in total. The number of phosphoric acid groups is 2. The highest BCUT2D eigenvalue weighted by Gasteiger charge is 2.30. The second-order valence-corrected chi connectivity index (χ2v) is 28.0. The van der Waals surface area contributed by atoms with Crippen LogP contribution in [0.2, 0.25) is 0 Å². The average molecular weight is 1490 g/mol. The van der Waals surface area contributed by atoms with E-state index in [0.717, 1.165) is 186 Å². The van der Waals surface area contributed by atoms with E-state index in [0.29, 0.717) is 32.1 Å². The van der Waals surface area contributed by atoms with Gasteiger partial charge in [-0.05, 0) is 167 Å². The lowest BCUT2D eigenvalue weighted by molar-refractivity contribution is -0.161. The summed E-state index contributed by atoms with van der Waals surface area (Å²) < 4.78 is 68.5. The molecule has 3 N–H and O–H groups in total. The van der Waals surface area contributed by atoms with Crippen LogP contribution in [0.3, 0.4) is 0 Å². The second-order valence-electron chi connectivity index (χ2n) is 25.1. The van der Waals surface area contributed by atoms with Crippen molar-refractivity contribution in [1.29, 1.82) is 0 Å². The van der Waals surface area contributed by atoms with Crippen molar-refractivity contribution in [3.8, 4) is 0 Å². The molecule has 0 fully saturated rings. The van der Waals surface area contributed by atoms with Gasteiger partial charge in [0.2, 0.25) is 0 Å². The minimum absolute atomic E-state index is 0.0468. The predicted octanol–water partition coefficient (Wildman–Crippen LogP) is 22.8. The highest BCUT2D eigenvalue weighted by molar-refractivity contribution is 7.47. The van der Waals surface area contributed by atoms with Crippen LogP contribution < -0.4 is 0 Å². The number of esters is 4. The molecule has 0 aliphatic rings. The van der Waals surface area contributed by atoms with Gasteiger partial charge in [0.15, 0.2) is 12.2 Å². The summed E-state index contributed by atoms with van der Waals surface area (Å²) in [6, 6.07) is 0. The third-order valence-electron chi connectivity index (χ3n) is 15.4. The van der Waals surface area contributed by atoms with Gasteiger partial charge in [-0.2, -0.15) is 0 Å². The molecule has 0 aliphatic heterocycles. The lowest BCUT2D eigenvalue weighted by Crippen LogP contribution is -2.30. The molecular formula is C85H136O17P2. The number of allylic oxidation sites excluding steroid dienone is 30. The van der Waals surface area contributed by atoms with Gasteiger partial charge in [0.1, 0.15) is 19.3 Å².